The first-order valence-electron chi connectivity index (χ1n) is 20.3. The molecule has 2 aromatic heterocycles. The van der Waals surface area contributed by atoms with Gasteiger partial charge in [0.05, 0.1) is 7.13 Å². The average Bonchev–Trinajstić information content (AvgIpc) is 3.51. The van der Waals surface area contributed by atoms with Crippen LogP contribution in [0.15, 0.2) is 113 Å². The minimum Gasteiger partial charge on any atom is -0.512 e. The zero-order chi connectivity index (χ0) is 39.9. The molecule has 4 aromatic carbocycles. The number of hydrogen-bond acceptors (Lipinski definition) is 4. The molecule has 0 unspecified atom stereocenters. The second-order valence-electron chi connectivity index (χ2n) is 15.9. The Balaban J connectivity index is 0.000000372. The molecule has 0 fully saturated rings. The molecule has 4 nitrogen and oxygen atoms in total. The fourth-order valence-corrected chi connectivity index (χ4v) is 7.11. The SMILES string of the molecule is CCC(CC)C(=O)/C=C(\O)C(CC)CC.[2H]c1c(-c2ccc(-c3ccc(CC(C)(C)C)cc3)cc2)oc2c(-c3[c-]c4ccccc4c(C(C)C)c3)nccc12.[Ir]. The number of nitrogens with zero attached hydrogens (tertiary/aromatic N) is 1. The third-order valence-electron chi connectivity index (χ3n) is 10.3. The summed E-state index contributed by atoms with van der Waals surface area (Å²) in [5.74, 6) is 1.46. The van der Waals surface area contributed by atoms with Crippen molar-refractivity contribution in [3.05, 3.63) is 126 Å². The molecular weight excluding hydrogens is 855 g/mol. The van der Waals surface area contributed by atoms with Gasteiger partial charge in [0.1, 0.15) is 11.3 Å². The fraction of sp³-hybridized carbons (Fsp3) is 0.360. The summed E-state index contributed by atoms with van der Waals surface area (Å²) in [5, 5.41) is 12.8. The maximum Gasteiger partial charge on any atom is 0.162 e. The molecule has 0 saturated carbocycles. The van der Waals surface area contributed by atoms with E-state index in [2.05, 4.69) is 101 Å². The molecule has 0 aliphatic heterocycles. The number of rotatable bonds is 12. The van der Waals surface area contributed by atoms with Crippen molar-refractivity contribution in [2.45, 2.75) is 100 Å². The Hall–Kier alpha value is -4.31. The molecule has 0 aliphatic carbocycles. The standard InChI is InChI=1S/C37H34NO.C13H24O2.Ir/c1-24(2)33-21-31(20-29-8-6-7-9-32(29)33)35-36-30(18-19-38-35)22-34(39-36)28-16-14-27(15-17-28)26-12-10-25(11-13-26)23-37(3,4)5;1-5-10(6-2)12(14)9-13(15)11(7-3)8-4;/h6-19,21-22,24H,23H2,1-5H3;9-11,14H,5-8H2,1-4H3;/q-1;;/b;12-9-;/i22D;;. The third-order valence-corrected chi connectivity index (χ3v) is 10.3. The number of carbonyl (C=O) groups is 1. The number of hydrogen-bond donors (Lipinski definition) is 1. The molecular formula is C50H58IrNO3-. The van der Waals surface area contributed by atoms with Crippen molar-refractivity contribution >= 4 is 27.5 Å². The third kappa shape index (κ3) is 10.9. The molecule has 291 valence electrons. The van der Waals surface area contributed by atoms with E-state index in [0.717, 1.165) is 65.3 Å². The molecule has 0 bridgehead atoms. The molecule has 55 heavy (non-hydrogen) atoms. The van der Waals surface area contributed by atoms with E-state index < -0.39 is 0 Å². The number of furan rings is 1. The predicted octanol–water partition coefficient (Wildman–Crippen LogP) is 14.4. The quantitative estimate of drug-likeness (QED) is 0.0755. The van der Waals surface area contributed by atoms with Crippen LogP contribution in [0.4, 0.5) is 0 Å². The van der Waals surface area contributed by atoms with Crippen LogP contribution < -0.4 is 0 Å². The summed E-state index contributed by atoms with van der Waals surface area (Å²) in [6, 6.07) is 33.4. The van der Waals surface area contributed by atoms with Crippen LogP contribution in [0, 0.1) is 23.3 Å². The van der Waals surface area contributed by atoms with Crippen LogP contribution in [0.2, 0.25) is 0 Å². The van der Waals surface area contributed by atoms with Crippen molar-refractivity contribution in [1.29, 1.82) is 0 Å². The summed E-state index contributed by atoms with van der Waals surface area (Å²) in [5.41, 5.74) is 8.30. The van der Waals surface area contributed by atoms with Gasteiger partial charge in [0.25, 0.3) is 0 Å². The molecule has 5 heteroatoms. The summed E-state index contributed by atoms with van der Waals surface area (Å²) < 4.78 is 15.4. The molecule has 6 aromatic rings. The maximum atomic E-state index is 11.7. The van der Waals surface area contributed by atoms with Crippen molar-refractivity contribution in [2.75, 3.05) is 0 Å². The number of benzene rings is 4. The first-order valence-corrected chi connectivity index (χ1v) is 19.8. The van der Waals surface area contributed by atoms with Crippen molar-refractivity contribution in [1.82, 2.24) is 4.98 Å². The largest absolute Gasteiger partial charge is 0.512 e. The van der Waals surface area contributed by atoms with E-state index in [-0.39, 0.29) is 48.9 Å². The number of allylic oxidation sites excluding steroid dienone is 2. The Morgan fingerprint density at radius 1 is 0.855 bits per heavy atom. The Labute approximate surface area is 344 Å². The predicted molar refractivity (Wildman–Crippen MR) is 228 cm³/mol. The summed E-state index contributed by atoms with van der Waals surface area (Å²) in [4.78, 5) is 16.4. The van der Waals surface area contributed by atoms with Crippen LogP contribution in [-0.4, -0.2) is 15.9 Å². The minimum atomic E-state index is 0. The number of aliphatic hydroxyl groups is 1. The van der Waals surface area contributed by atoms with Gasteiger partial charge in [-0.25, -0.2) is 0 Å². The summed E-state index contributed by atoms with van der Waals surface area (Å²) >= 11 is 0. The first kappa shape index (κ1) is 41.8. The Morgan fingerprint density at radius 2 is 1.44 bits per heavy atom. The van der Waals surface area contributed by atoms with Gasteiger partial charge in [-0.2, -0.15) is 0 Å². The Kier molecular flexibility index (Phi) is 14.8. The number of carbonyl (C=O) groups excluding carboxylic acids is 1. The van der Waals surface area contributed by atoms with Crippen LogP contribution >= 0.6 is 0 Å². The molecule has 0 saturated heterocycles. The van der Waals surface area contributed by atoms with Crippen molar-refractivity contribution in [3.8, 4) is 33.7 Å². The number of pyridine rings is 1. The molecule has 1 N–H and O–H groups in total. The summed E-state index contributed by atoms with van der Waals surface area (Å²) in [7, 11) is 0. The monoisotopic (exact) mass is 914 g/mol. The summed E-state index contributed by atoms with van der Waals surface area (Å²) in [6.45, 7) is 19.3. The molecule has 0 atom stereocenters. The summed E-state index contributed by atoms with van der Waals surface area (Å²) in [6.07, 6.45) is 7.72. The van der Waals surface area contributed by atoms with Crippen molar-refractivity contribution < 1.29 is 35.8 Å². The van der Waals surface area contributed by atoms with Gasteiger partial charge in [0.2, 0.25) is 0 Å². The molecule has 6 rings (SSSR count). The van der Waals surface area contributed by atoms with Crippen LogP contribution in [0.25, 0.3) is 55.4 Å². The van der Waals surface area contributed by atoms with Gasteiger partial charge >= 0.3 is 0 Å². The zero-order valence-electron chi connectivity index (χ0n) is 35.0. The Morgan fingerprint density at radius 3 is 2.02 bits per heavy atom. The van der Waals surface area contributed by atoms with Gasteiger partial charge in [0.15, 0.2) is 5.78 Å². The topological polar surface area (TPSA) is 63.3 Å². The fourth-order valence-electron chi connectivity index (χ4n) is 7.11. The average molecular weight is 914 g/mol. The molecule has 1 radical (unpaired) electrons. The van der Waals surface area contributed by atoms with E-state index in [0.29, 0.717) is 23.3 Å². The van der Waals surface area contributed by atoms with Gasteiger partial charge in [-0.15, -0.1) is 29.1 Å². The maximum absolute atomic E-state index is 11.7. The van der Waals surface area contributed by atoms with Crippen molar-refractivity contribution in [2.24, 2.45) is 17.3 Å². The van der Waals surface area contributed by atoms with Crippen LogP contribution in [-0.2, 0) is 31.3 Å². The van der Waals surface area contributed by atoms with E-state index in [1.54, 1.807) is 6.20 Å². The van der Waals surface area contributed by atoms with Gasteiger partial charge in [0, 0.05) is 60.9 Å². The molecule has 0 amide bonds. The number of aromatic nitrogens is 1. The first-order chi connectivity index (χ1) is 26.3. The van der Waals surface area contributed by atoms with Crippen LogP contribution in [0.5, 0.6) is 0 Å². The van der Waals surface area contributed by atoms with Gasteiger partial charge in [-0.1, -0.05) is 140 Å². The van der Waals surface area contributed by atoms with Gasteiger partial charge in [-0.3, -0.25) is 9.78 Å². The minimum absolute atomic E-state index is 0. The van der Waals surface area contributed by atoms with E-state index in [9.17, 15) is 9.90 Å². The number of ketones is 1. The second-order valence-corrected chi connectivity index (χ2v) is 15.9. The number of fused-ring (bicyclic) bond motifs is 2. The van der Waals surface area contributed by atoms with E-state index in [1.165, 1.54) is 28.2 Å². The molecule has 2 heterocycles. The smallest absolute Gasteiger partial charge is 0.162 e. The molecule has 0 aliphatic rings. The van der Waals surface area contributed by atoms with Gasteiger partial charge in [-0.05, 0) is 72.2 Å². The van der Waals surface area contributed by atoms with Gasteiger partial charge < -0.3 is 9.52 Å². The van der Waals surface area contributed by atoms with Crippen LogP contribution in [0.1, 0.15) is 106 Å². The van der Waals surface area contributed by atoms with Crippen LogP contribution in [0.3, 0.4) is 0 Å². The normalized spacial score (nSPS) is 12.2. The zero-order valence-corrected chi connectivity index (χ0v) is 36.4. The number of aliphatic hydroxyl groups excluding tert-OH is 1. The second kappa shape index (κ2) is 19.5. The molecule has 0 spiro atoms. The van der Waals surface area contributed by atoms with E-state index in [1.807, 2.05) is 52.0 Å². The van der Waals surface area contributed by atoms with Crippen molar-refractivity contribution in [3.63, 3.8) is 0 Å². The van der Waals surface area contributed by atoms with E-state index >= 15 is 0 Å². The Bertz CT molecular complexity index is 2240. The van der Waals surface area contributed by atoms with E-state index in [4.69, 9.17) is 10.8 Å².